The number of esters is 1. The van der Waals surface area contributed by atoms with Crippen LogP contribution in [0.25, 0.3) is 0 Å². The molecule has 1 aromatic rings. The molecule has 0 aliphatic rings. The summed E-state index contributed by atoms with van der Waals surface area (Å²) in [7, 11) is 2.55. The van der Waals surface area contributed by atoms with E-state index in [-0.39, 0.29) is 17.9 Å². The van der Waals surface area contributed by atoms with E-state index in [4.69, 9.17) is 0 Å². The highest BCUT2D eigenvalue weighted by Crippen LogP contribution is 2.19. The number of aromatic hydroxyl groups is 1. The molecule has 1 rings (SSSR count). The monoisotopic (exact) mass is 241 g/mol. The van der Waals surface area contributed by atoms with E-state index < -0.39 is 17.7 Å². The highest BCUT2D eigenvalue weighted by Gasteiger charge is 2.18. The van der Waals surface area contributed by atoms with Crippen molar-refractivity contribution in [2.45, 2.75) is 0 Å². The Morgan fingerprint density at radius 2 is 2.12 bits per heavy atom. The Bertz CT molecular complexity index is 447. The van der Waals surface area contributed by atoms with Gasteiger partial charge in [0, 0.05) is 7.05 Å². The first kappa shape index (κ1) is 13.0. The molecule has 0 heterocycles. The molecule has 5 nitrogen and oxygen atoms in total. The van der Waals surface area contributed by atoms with Crippen molar-refractivity contribution < 1.29 is 23.8 Å². The van der Waals surface area contributed by atoms with Gasteiger partial charge in [0.1, 0.15) is 18.1 Å². The topological polar surface area (TPSA) is 66.8 Å². The Kier molecular flexibility index (Phi) is 4.03. The van der Waals surface area contributed by atoms with Crippen molar-refractivity contribution in [3.05, 3.63) is 29.6 Å². The molecule has 0 unspecified atom stereocenters. The first-order valence-electron chi connectivity index (χ1n) is 4.76. The first-order chi connectivity index (χ1) is 7.95. The number of phenols is 1. The summed E-state index contributed by atoms with van der Waals surface area (Å²) in [4.78, 5) is 23.7. The number of phenolic OH excluding ortho intramolecular Hbond substituents is 1. The molecule has 0 bridgehead atoms. The lowest BCUT2D eigenvalue weighted by Gasteiger charge is -2.16. The summed E-state index contributed by atoms with van der Waals surface area (Å²) in [6.45, 7) is -0.273. The molecular weight excluding hydrogens is 229 g/mol. The van der Waals surface area contributed by atoms with E-state index in [1.54, 1.807) is 0 Å². The zero-order valence-corrected chi connectivity index (χ0v) is 9.44. The Morgan fingerprint density at radius 1 is 1.47 bits per heavy atom. The highest BCUT2D eigenvalue weighted by atomic mass is 19.1. The van der Waals surface area contributed by atoms with E-state index in [0.29, 0.717) is 0 Å². The Morgan fingerprint density at radius 3 is 2.71 bits per heavy atom. The number of likely N-dealkylation sites (N-methyl/N-ethyl adjacent to an activating group) is 1. The van der Waals surface area contributed by atoms with Crippen LogP contribution >= 0.6 is 0 Å². The van der Waals surface area contributed by atoms with Crippen molar-refractivity contribution in [1.29, 1.82) is 0 Å². The van der Waals surface area contributed by atoms with Crippen LogP contribution in [0.2, 0.25) is 0 Å². The standard InChI is InChI=1S/C11H12FNO4/c1-13(6-10(15)17-2)11(16)8-5-7(12)3-4-9(8)14/h3-5,14H,6H2,1-2H3. The van der Waals surface area contributed by atoms with Gasteiger partial charge in [-0.1, -0.05) is 0 Å². The van der Waals surface area contributed by atoms with Crippen molar-refractivity contribution in [3.63, 3.8) is 0 Å². The van der Waals surface area contributed by atoms with Gasteiger partial charge in [-0.2, -0.15) is 0 Å². The molecule has 0 atom stereocenters. The maximum atomic E-state index is 12.9. The Labute approximate surface area is 97.4 Å². The van der Waals surface area contributed by atoms with Gasteiger partial charge in [-0.3, -0.25) is 9.59 Å². The van der Waals surface area contributed by atoms with Gasteiger partial charge in [0.2, 0.25) is 0 Å². The lowest BCUT2D eigenvalue weighted by atomic mass is 10.1. The minimum absolute atomic E-state index is 0.198. The molecule has 1 amide bonds. The summed E-state index contributed by atoms with van der Waals surface area (Å²) in [5, 5.41) is 9.42. The van der Waals surface area contributed by atoms with Crippen LogP contribution in [0.3, 0.4) is 0 Å². The average molecular weight is 241 g/mol. The second-order valence-corrected chi connectivity index (χ2v) is 3.40. The number of benzene rings is 1. The summed E-state index contributed by atoms with van der Waals surface area (Å²) >= 11 is 0. The Balaban J connectivity index is 2.88. The number of halogens is 1. The number of methoxy groups -OCH3 is 1. The summed E-state index contributed by atoms with van der Waals surface area (Å²) in [5.74, 6) is -2.24. The molecule has 1 N–H and O–H groups in total. The third-order valence-electron chi connectivity index (χ3n) is 2.13. The van der Waals surface area contributed by atoms with Gasteiger partial charge in [0.25, 0.3) is 5.91 Å². The predicted molar refractivity (Wildman–Crippen MR) is 57.0 cm³/mol. The minimum Gasteiger partial charge on any atom is -0.507 e. The van der Waals surface area contributed by atoms with Crippen LogP contribution in [-0.4, -0.2) is 42.6 Å². The Hall–Kier alpha value is -2.11. The van der Waals surface area contributed by atoms with Gasteiger partial charge < -0.3 is 14.7 Å². The lowest BCUT2D eigenvalue weighted by Crippen LogP contribution is -2.32. The molecule has 6 heteroatoms. The zero-order valence-electron chi connectivity index (χ0n) is 9.44. The van der Waals surface area contributed by atoms with Gasteiger partial charge in [0.15, 0.2) is 0 Å². The number of hydrogen-bond acceptors (Lipinski definition) is 4. The quantitative estimate of drug-likeness (QED) is 0.794. The second-order valence-electron chi connectivity index (χ2n) is 3.40. The first-order valence-corrected chi connectivity index (χ1v) is 4.76. The molecule has 0 radical (unpaired) electrons. The molecule has 17 heavy (non-hydrogen) atoms. The van der Waals surface area contributed by atoms with E-state index in [9.17, 15) is 19.1 Å². The van der Waals surface area contributed by atoms with Crippen molar-refractivity contribution in [2.24, 2.45) is 0 Å². The maximum Gasteiger partial charge on any atom is 0.325 e. The fourth-order valence-corrected chi connectivity index (χ4v) is 1.22. The van der Waals surface area contributed by atoms with Crippen molar-refractivity contribution in [3.8, 4) is 5.75 Å². The molecule has 0 fully saturated rings. The molecule has 0 aromatic heterocycles. The van der Waals surface area contributed by atoms with E-state index in [1.807, 2.05) is 0 Å². The minimum atomic E-state index is -0.660. The molecule has 0 saturated carbocycles. The van der Waals surface area contributed by atoms with Crippen LogP contribution in [0.1, 0.15) is 10.4 Å². The van der Waals surface area contributed by atoms with Crippen LogP contribution in [0.5, 0.6) is 5.75 Å². The fraction of sp³-hybridized carbons (Fsp3) is 0.273. The third kappa shape index (κ3) is 3.17. The number of hydrogen-bond donors (Lipinski definition) is 1. The van der Waals surface area contributed by atoms with E-state index in [0.717, 1.165) is 23.1 Å². The molecular formula is C11H12FNO4. The predicted octanol–water partition coefficient (Wildman–Crippen LogP) is 0.776. The van der Waals surface area contributed by atoms with Gasteiger partial charge in [-0.05, 0) is 18.2 Å². The van der Waals surface area contributed by atoms with E-state index in [2.05, 4.69) is 4.74 Å². The van der Waals surface area contributed by atoms with Gasteiger partial charge in [0.05, 0.1) is 12.7 Å². The largest absolute Gasteiger partial charge is 0.507 e. The summed E-state index contributed by atoms with van der Waals surface area (Å²) in [6, 6.07) is 3.02. The molecule has 1 aromatic carbocycles. The molecule has 0 aliphatic heterocycles. The van der Waals surface area contributed by atoms with Crippen molar-refractivity contribution in [2.75, 3.05) is 20.7 Å². The number of carbonyl (C=O) groups is 2. The molecule has 92 valence electrons. The second kappa shape index (κ2) is 5.29. The van der Waals surface area contributed by atoms with Crippen LogP contribution in [0.4, 0.5) is 4.39 Å². The smallest absolute Gasteiger partial charge is 0.325 e. The highest BCUT2D eigenvalue weighted by molar-refractivity contribution is 5.98. The lowest BCUT2D eigenvalue weighted by molar-refractivity contribution is -0.141. The summed E-state index contributed by atoms with van der Waals surface area (Å²) < 4.78 is 17.3. The molecule has 0 spiro atoms. The number of ether oxygens (including phenoxy) is 1. The number of carbonyl (C=O) groups excluding carboxylic acids is 2. The summed E-state index contributed by atoms with van der Waals surface area (Å²) in [5.41, 5.74) is -0.198. The van der Waals surface area contributed by atoms with Crippen LogP contribution < -0.4 is 0 Å². The zero-order chi connectivity index (χ0) is 13.0. The van der Waals surface area contributed by atoms with Crippen molar-refractivity contribution in [1.82, 2.24) is 4.90 Å². The number of amides is 1. The SMILES string of the molecule is COC(=O)CN(C)C(=O)c1cc(F)ccc1O. The summed E-state index contributed by atoms with van der Waals surface area (Å²) in [6.07, 6.45) is 0. The number of rotatable bonds is 3. The van der Waals surface area contributed by atoms with E-state index >= 15 is 0 Å². The third-order valence-corrected chi connectivity index (χ3v) is 2.13. The average Bonchev–Trinajstić information content (AvgIpc) is 2.31. The maximum absolute atomic E-state index is 12.9. The fourth-order valence-electron chi connectivity index (χ4n) is 1.22. The van der Waals surface area contributed by atoms with Crippen LogP contribution in [-0.2, 0) is 9.53 Å². The normalized spacial score (nSPS) is 9.82. The van der Waals surface area contributed by atoms with Crippen LogP contribution in [0.15, 0.2) is 18.2 Å². The molecule has 0 aliphatic carbocycles. The van der Waals surface area contributed by atoms with Crippen LogP contribution in [0, 0.1) is 5.82 Å². The van der Waals surface area contributed by atoms with Gasteiger partial charge in [-0.25, -0.2) is 4.39 Å². The number of nitrogens with zero attached hydrogens (tertiary/aromatic N) is 1. The van der Waals surface area contributed by atoms with E-state index in [1.165, 1.54) is 14.2 Å². The van der Waals surface area contributed by atoms with Gasteiger partial charge in [-0.15, -0.1) is 0 Å². The van der Waals surface area contributed by atoms with Crippen molar-refractivity contribution >= 4 is 11.9 Å². The van der Waals surface area contributed by atoms with Gasteiger partial charge >= 0.3 is 5.97 Å². The molecule has 0 saturated heterocycles.